The van der Waals surface area contributed by atoms with Crippen LogP contribution < -0.4 is 0 Å². The van der Waals surface area contributed by atoms with Crippen LogP contribution in [0.2, 0.25) is 5.02 Å². The standard InChI is InChI=1S/C20H20ClNS2/c21-17-7-3-5-15(13-17)11-12-24-20(23)10-4-6-16-14-22-19-9-2-1-8-18(16)19/h1-3,5,7-9,13-14,22H,4,6,10-12H2. The van der Waals surface area contributed by atoms with Crippen molar-refractivity contribution < 1.29 is 0 Å². The van der Waals surface area contributed by atoms with Crippen LogP contribution in [0.3, 0.4) is 0 Å². The zero-order valence-electron chi connectivity index (χ0n) is 13.4. The molecule has 0 aliphatic heterocycles. The number of H-pyrrole nitrogens is 1. The Morgan fingerprint density at radius 1 is 1.08 bits per heavy atom. The maximum absolute atomic E-state index is 6.01. The summed E-state index contributed by atoms with van der Waals surface area (Å²) in [4.78, 5) is 3.33. The third-order valence-corrected chi connectivity index (χ3v) is 5.77. The summed E-state index contributed by atoms with van der Waals surface area (Å²) in [5.74, 6) is 1.02. The molecule has 0 saturated carbocycles. The Morgan fingerprint density at radius 2 is 1.96 bits per heavy atom. The molecule has 0 aliphatic carbocycles. The molecule has 1 N–H and O–H groups in total. The van der Waals surface area contributed by atoms with Gasteiger partial charge in [-0.1, -0.05) is 54.2 Å². The normalized spacial score (nSPS) is 11.0. The molecule has 0 aliphatic rings. The first-order valence-electron chi connectivity index (χ1n) is 8.17. The number of para-hydroxylation sites is 1. The van der Waals surface area contributed by atoms with E-state index >= 15 is 0 Å². The average Bonchev–Trinajstić information content (AvgIpc) is 2.98. The topological polar surface area (TPSA) is 15.8 Å². The highest BCUT2D eigenvalue weighted by Crippen LogP contribution is 2.21. The van der Waals surface area contributed by atoms with Gasteiger partial charge in [-0.3, -0.25) is 0 Å². The zero-order valence-corrected chi connectivity index (χ0v) is 15.8. The summed E-state index contributed by atoms with van der Waals surface area (Å²) in [5, 5.41) is 2.14. The number of hydrogen-bond acceptors (Lipinski definition) is 2. The largest absolute Gasteiger partial charge is 0.361 e. The van der Waals surface area contributed by atoms with Crippen molar-refractivity contribution in [1.29, 1.82) is 0 Å². The molecule has 0 atom stereocenters. The molecule has 0 radical (unpaired) electrons. The van der Waals surface area contributed by atoms with Crippen molar-refractivity contribution in [3.05, 3.63) is 70.9 Å². The van der Waals surface area contributed by atoms with Gasteiger partial charge in [0.1, 0.15) is 0 Å². The quantitative estimate of drug-likeness (QED) is 0.479. The van der Waals surface area contributed by atoms with Crippen LogP contribution in [0.15, 0.2) is 54.7 Å². The molecule has 1 aromatic heterocycles. The molecule has 24 heavy (non-hydrogen) atoms. The van der Waals surface area contributed by atoms with E-state index in [0.29, 0.717) is 0 Å². The minimum Gasteiger partial charge on any atom is -0.361 e. The van der Waals surface area contributed by atoms with Crippen LogP contribution in [0, 0.1) is 0 Å². The molecule has 1 nitrogen and oxygen atoms in total. The van der Waals surface area contributed by atoms with Gasteiger partial charge in [0, 0.05) is 32.1 Å². The fourth-order valence-electron chi connectivity index (χ4n) is 2.81. The highest BCUT2D eigenvalue weighted by molar-refractivity contribution is 8.23. The van der Waals surface area contributed by atoms with E-state index in [0.717, 1.165) is 40.7 Å². The van der Waals surface area contributed by atoms with Crippen molar-refractivity contribution in [2.75, 3.05) is 5.75 Å². The molecule has 4 heteroatoms. The number of fused-ring (bicyclic) bond motifs is 1. The van der Waals surface area contributed by atoms with Crippen LogP contribution in [0.25, 0.3) is 10.9 Å². The molecule has 0 unspecified atom stereocenters. The summed E-state index contributed by atoms with van der Waals surface area (Å²) < 4.78 is 1.11. The second-order valence-electron chi connectivity index (χ2n) is 5.81. The number of benzene rings is 2. The summed E-state index contributed by atoms with van der Waals surface area (Å²) >= 11 is 13.3. The smallest absolute Gasteiger partial charge is 0.0478 e. The lowest BCUT2D eigenvalue weighted by atomic mass is 10.1. The highest BCUT2D eigenvalue weighted by atomic mass is 35.5. The molecule has 3 aromatic rings. The Morgan fingerprint density at radius 3 is 2.83 bits per heavy atom. The van der Waals surface area contributed by atoms with E-state index < -0.39 is 0 Å². The number of thiocarbonyl (C=S) groups is 1. The van der Waals surface area contributed by atoms with E-state index in [1.807, 2.05) is 18.2 Å². The van der Waals surface area contributed by atoms with Crippen molar-refractivity contribution in [1.82, 2.24) is 4.98 Å². The molecule has 2 aromatic carbocycles. The van der Waals surface area contributed by atoms with Crippen LogP contribution in [0.4, 0.5) is 0 Å². The minimum atomic E-state index is 0.804. The lowest BCUT2D eigenvalue weighted by molar-refractivity contribution is 0.882. The summed E-state index contributed by atoms with van der Waals surface area (Å²) in [6, 6.07) is 16.5. The summed E-state index contributed by atoms with van der Waals surface area (Å²) in [5.41, 5.74) is 3.87. The molecule has 3 rings (SSSR count). The maximum atomic E-state index is 6.01. The molecule has 0 bridgehead atoms. The van der Waals surface area contributed by atoms with E-state index in [1.54, 1.807) is 11.8 Å². The van der Waals surface area contributed by atoms with Gasteiger partial charge in [0.05, 0.1) is 0 Å². The molecule has 0 fully saturated rings. The van der Waals surface area contributed by atoms with E-state index in [9.17, 15) is 0 Å². The van der Waals surface area contributed by atoms with Crippen molar-refractivity contribution in [2.24, 2.45) is 0 Å². The monoisotopic (exact) mass is 373 g/mol. The Hall–Kier alpha value is -1.29. The number of aromatic amines is 1. The van der Waals surface area contributed by atoms with Crippen LogP contribution in [0.1, 0.15) is 24.0 Å². The number of aryl methyl sites for hydroxylation is 2. The number of aromatic nitrogens is 1. The molecule has 0 spiro atoms. The van der Waals surface area contributed by atoms with Gasteiger partial charge >= 0.3 is 0 Å². The third-order valence-electron chi connectivity index (χ3n) is 4.04. The number of thioether (sulfide) groups is 1. The van der Waals surface area contributed by atoms with E-state index in [2.05, 4.69) is 41.5 Å². The van der Waals surface area contributed by atoms with Crippen LogP contribution >= 0.6 is 35.6 Å². The number of nitrogens with one attached hydrogen (secondary N) is 1. The Balaban J connectivity index is 1.40. The molecule has 0 saturated heterocycles. The Kier molecular flexibility index (Phi) is 6.36. The SMILES string of the molecule is S=C(CCCc1c[nH]c2ccccc12)SCCc1cccc(Cl)c1. The third kappa shape index (κ3) is 4.85. The molecule has 124 valence electrons. The zero-order chi connectivity index (χ0) is 16.8. The first kappa shape index (κ1) is 17.5. The lowest BCUT2D eigenvalue weighted by Crippen LogP contribution is -1.95. The van der Waals surface area contributed by atoms with E-state index in [-0.39, 0.29) is 0 Å². The van der Waals surface area contributed by atoms with Gasteiger partial charge in [0.15, 0.2) is 0 Å². The van der Waals surface area contributed by atoms with Gasteiger partial charge in [-0.25, -0.2) is 0 Å². The first-order valence-corrected chi connectivity index (χ1v) is 9.94. The van der Waals surface area contributed by atoms with Gasteiger partial charge in [-0.05, 0) is 55.0 Å². The van der Waals surface area contributed by atoms with Crippen molar-refractivity contribution in [2.45, 2.75) is 25.7 Å². The number of rotatable bonds is 7. The maximum Gasteiger partial charge on any atom is 0.0478 e. The van der Waals surface area contributed by atoms with Crippen molar-refractivity contribution in [3.63, 3.8) is 0 Å². The van der Waals surface area contributed by atoms with Crippen LogP contribution in [-0.2, 0) is 12.8 Å². The van der Waals surface area contributed by atoms with Gasteiger partial charge in [-0.15, -0.1) is 11.8 Å². The fraction of sp³-hybridized carbons (Fsp3) is 0.250. The minimum absolute atomic E-state index is 0.804. The van der Waals surface area contributed by atoms with Gasteiger partial charge in [0.25, 0.3) is 0 Å². The molecule has 1 heterocycles. The highest BCUT2D eigenvalue weighted by Gasteiger charge is 2.04. The molecular formula is C20H20ClNS2. The van der Waals surface area contributed by atoms with Crippen molar-refractivity contribution >= 4 is 50.7 Å². The van der Waals surface area contributed by atoms with Crippen LogP contribution in [-0.4, -0.2) is 14.9 Å². The summed E-state index contributed by atoms with van der Waals surface area (Å²) in [7, 11) is 0. The predicted molar refractivity (Wildman–Crippen MR) is 111 cm³/mol. The lowest BCUT2D eigenvalue weighted by Gasteiger charge is -2.05. The number of halogens is 1. The van der Waals surface area contributed by atoms with E-state index in [1.165, 1.54) is 22.0 Å². The van der Waals surface area contributed by atoms with Crippen molar-refractivity contribution in [3.8, 4) is 0 Å². The summed E-state index contributed by atoms with van der Waals surface area (Å²) in [6.07, 6.45) is 6.30. The van der Waals surface area contributed by atoms with Crippen LogP contribution in [0.5, 0.6) is 0 Å². The number of hydrogen-bond donors (Lipinski definition) is 1. The second-order valence-corrected chi connectivity index (χ2v) is 8.19. The molecular weight excluding hydrogens is 354 g/mol. The average molecular weight is 374 g/mol. The van der Waals surface area contributed by atoms with Gasteiger partial charge < -0.3 is 4.98 Å². The summed E-state index contributed by atoms with van der Waals surface area (Å²) in [6.45, 7) is 0. The van der Waals surface area contributed by atoms with Gasteiger partial charge in [-0.2, -0.15) is 0 Å². The first-order chi connectivity index (χ1) is 11.7. The second kappa shape index (κ2) is 8.70. The molecule has 0 amide bonds. The Bertz CT molecular complexity index is 825. The van der Waals surface area contributed by atoms with Gasteiger partial charge in [0.2, 0.25) is 0 Å². The predicted octanol–water partition coefficient (Wildman–Crippen LogP) is 6.45. The van der Waals surface area contributed by atoms with E-state index in [4.69, 9.17) is 23.8 Å². The fourth-order valence-corrected chi connectivity index (χ4v) is 4.27. The Labute approximate surface area is 157 Å².